The highest BCUT2D eigenvalue weighted by Gasteiger charge is 2.51. The Kier molecular flexibility index (Phi) is 4.99. The Labute approximate surface area is 173 Å². The van der Waals surface area contributed by atoms with E-state index in [0.717, 1.165) is 5.56 Å². The molecule has 2 aliphatic heterocycles. The summed E-state index contributed by atoms with van der Waals surface area (Å²) < 4.78 is 10.4. The highest BCUT2D eigenvalue weighted by molar-refractivity contribution is 8.03. The Hall–Kier alpha value is -2.95. The average molecular weight is 408 g/mol. The molecule has 2 heterocycles. The molecule has 6 nitrogen and oxygen atoms in total. The summed E-state index contributed by atoms with van der Waals surface area (Å²) >= 11 is 1.34. The number of benzene rings is 2. The van der Waals surface area contributed by atoms with E-state index in [1.165, 1.54) is 16.7 Å². The van der Waals surface area contributed by atoms with E-state index in [0.29, 0.717) is 27.7 Å². The maximum Gasteiger partial charge on any atom is 0.231 e. The van der Waals surface area contributed by atoms with Crippen LogP contribution >= 0.6 is 11.8 Å². The van der Waals surface area contributed by atoms with Gasteiger partial charge in [-0.25, -0.2) is 0 Å². The van der Waals surface area contributed by atoms with Gasteiger partial charge in [0.2, 0.25) is 5.91 Å². The molecule has 1 saturated heterocycles. The first-order chi connectivity index (χ1) is 14.0. The fraction of sp³-hybridized carbons (Fsp3) is 0.273. The molecule has 0 aromatic heterocycles. The van der Waals surface area contributed by atoms with E-state index in [9.17, 15) is 15.2 Å². The van der Waals surface area contributed by atoms with Crippen molar-refractivity contribution < 1.29 is 19.4 Å². The van der Waals surface area contributed by atoms with Gasteiger partial charge in [-0.3, -0.25) is 9.69 Å². The smallest absolute Gasteiger partial charge is 0.231 e. The van der Waals surface area contributed by atoms with Crippen molar-refractivity contribution in [3.05, 3.63) is 70.3 Å². The van der Waals surface area contributed by atoms with Gasteiger partial charge in [-0.2, -0.15) is 5.26 Å². The van der Waals surface area contributed by atoms with Crippen LogP contribution in [0.15, 0.2) is 59.1 Å². The number of thioether (sulfide) groups is 1. The zero-order valence-corrected chi connectivity index (χ0v) is 16.9. The Morgan fingerprint density at radius 2 is 1.69 bits per heavy atom. The Morgan fingerprint density at radius 1 is 1.10 bits per heavy atom. The van der Waals surface area contributed by atoms with E-state index in [1.54, 1.807) is 38.5 Å². The number of allylic oxidation sites excluding steroid dienone is 1. The van der Waals surface area contributed by atoms with Crippen LogP contribution in [0.1, 0.15) is 23.5 Å². The molecule has 1 N–H and O–H groups in total. The quantitative estimate of drug-likeness (QED) is 0.835. The summed E-state index contributed by atoms with van der Waals surface area (Å²) in [5, 5.41) is 21.8. The molecule has 0 spiro atoms. The van der Waals surface area contributed by atoms with Crippen LogP contribution in [0.25, 0.3) is 0 Å². The molecule has 0 aliphatic carbocycles. The number of ether oxygens (including phenoxy) is 2. The Bertz CT molecular complexity index is 1010. The number of nitrogens with zero attached hydrogens (tertiary/aromatic N) is 2. The molecule has 2 atom stereocenters. The number of carbonyl (C=O) groups excluding carboxylic acids is 1. The molecule has 2 aromatic carbocycles. The standard InChI is InChI=1S/C22H20N2O4S/c1-27-16-7-3-14(4-8-16)18-11-20(25)24-21(19(18)12-23)29-13-22(24,26)15-5-9-17(28-2)10-6-15/h3-10,18,26H,11,13H2,1-2H3/t18-,22-/m1/s1. The third-order valence-electron chi connectivity index (χ3n) is 5.38. The molecule has 0 saturated carbocycles. The number of methoxy groups -OCH3 is 2. The predicted octanol–water partition coefficient (Wildman–Crippen LogP) is 3.35. The van der Waals surface area contributed by atoms with Crippen LogP contribution in [0, 0.1) is 11.3 Å². The van der Waals surface area contributed by atoms with Crippen LogP contribution in [0.4, 0.5) is 0 Å². The number of rotatable bonds is 4. The van der Waals surface area contributed by atoms with Gasteiger partial charge >= 0.3 is 0 Å². The van der Waals surface area contributed by atoms with Crippen molar-refractivity contribution in [2.75, 3.05) is 20.0 Å². The maximum atomic E-state index is 13.1. The molecular weight excluding hydrogens is 388 g/mol. The van der Waals surface area contributed by atoms with Crippen molar-refractivity contribution in [3.8, 4) is 17.6 Å². The van der Waals surface area contributed by atoms with Crippen molar-refractivity contribution >= 4 is 17.7 Å². The van der Waals surface area contributed by atoms with Crippen LogP contribution in [0.2, 0.25) is 0 Å². The Balaban J connectivity index is 1.75. The van der Waals surface area contributed by atoms with Crippen LogP contribution in [0.5, 0.6) is 11.5 Å². The van der Waals surface area contributed by atoms with E-state index in [1.807, 2.05) is 24.3 Å². The zero-order valence-electron chi connectivity index (χ0n) is 16.1. The summed E-state index contributed by atoms with van der Waals surface area (Å²) in [6.07, 6.45) is 0.123. The van der Waals surface area contributed by atoms with Gasteiger partial charge < -0.3 is 14.6 Å². The molecule has 29 heavy (non-hydrogen) atoms. The van der Waals surface area contributed by atoms with Crippen LogP contribution < -0.4 is 9.47 Å². The van der Waals surface area contributed by atoms with Gasteiger partial charge in [-0.05, 0) is 29.8 Å². The minimum absolute atomic E-state index is 0.123. The van der Waals surface area contributed by atoms with Gasteiger partial charge in [-0.15, -0.1) is 11.8 Å². The van der Waals surface area contributed by atoms with E-state index >= 15 is 0 Å². The molecule has 4 rings (SSSR count). The third-order valence-corrected chi connectivity index (χ3v) is 6.60. The molecule has 148 valence electrons. The lowest BCUT2D eigenvalue weighted by atomic mass is 9.85. The molecular formula is C22H20N2O4S. The lowest BCUT2D eigenvalue weighted by Gasteiger charge is -2.38. The van der Waals surface area contributed by atoms with E-state index in [2.05, 4.69) is 6.07 Å². The predicted molar refractivity (Wildman–Crippen MR) is 109 cm³/mol. The summed E-state index contributed by atoms with van der Waals surface area (Å²) in [5.41, 5.74) is 0.484. The SMILES string of the molecule is COc1ccc([C@H]2CC(=O)N3C(=C2C#N)SC[C@@]3(O)c2ccc(OC)cc2)cc1. The second-order valence-corrected chi connectivity index (χ2v) is 7.89. The fourth-order valence-electron chi connectivity index (χ4n) is 3.82. The van der Waals surface area contributed by atoms with Gasteiger partial charge in [0.15, 0.2) is 5.72 Å². The zero-order chi connectivity index (χ0) is 20.6. The summed E-state index contributed by atoms with van der Waals surface area (Å²) in [7, 11) is 3.16. The topological polar surface area (TPSA) is 82.8 Å². The first-order valence-electron chi connectivity index (χ1n) is 9.13. The lowest BCUT2D eigenvalue weighted by Crippen LogP contribution is -2.48. The van der Waals surface area contributed by atoms with E-state index < -0.39 is 5.72 Å². The average Bonchev–Trinajstić information content (AvgIpc) is 3.13. The number of nitriles is 1. The molecule has 0 unspecified atom stereocenters. The summed E-state index contributed by atoms with van der Waals surface area (Å²) in [4.78, 5) is 14.5. The number of hydrogen-bond acceptors (Lipinski definition) is 6. The normalized spacial score (nSPS) is 23.6. The monoisotopic (exact) mass is 408 g/mol. The summed E-state index contributed by atoms with van der Waals surface area (Å²) in [6.45, 7) is 0. The molecule has 0 bridgehead atoms. The van der Waals surface area contributed by atoms with Crippen LogP contribution in [-0.2, 0) is 10.5 Å². The maximum absolute atomic E-state index is 13.1. The van der Waals surface area contributed by atoms with Crippen LogP contribution in [0.3, 0.4) is 0 Å². The molecule has 1 fully saturated rings. The molecule has 2 aliphatic rings. The second kappa shape index (κ2) is 7.47. The van der Waals surface area contributed by atoms with Crippen molar-refractivity contribution in [2.24, 2.45) is 0 Å². The van der Waals surface area contributed by atoms with Gasteiger partial charge in [0.25, 0.3) is 0 Å². The fourth-order valence-corrected chi connectivity index (χ4v) is 5.18. The number of fused-ring (bicyclic) bond motifs is 1. The van der Waals surface area contributed by atoms with Gasteiger partial charge in [0, 0.05) is 17.9 Å². The van der Waals surface area contributed by atoms with Crippen LogP contribution in [-0.4, -0.2) is 35.9 Å². The van der Waals surface area contributed by atoms with Crippen molar-refractivity contribution in [1.82, 2.24) is 4.90 Å². The largest absolute Gasteiger partial charge is 0.497 e. The first kappa shape index (κ1) is 19.4. The van der Waals surface area contributed by atoms with Gasteiger partial charge in [0.1, 0.15) is 11.5 Å². The van der Waals surface area contributed by atoms with Gasteiger partial charge in [-0.1, -0.05) is 24.3 Å². The van der Waals surface area contributed by atoms with Crippen molar-refractivity contribution in [1.29, 1.82) is 5.26 Å². The minimum atomic E-state index is -1.49. The summed E-state index contributed by atoms with van der Waals surface area (Å²) in [5.74, 6) is 1.10. The first-order valence-corrected chi connectivity index (χ1v) is 10.1. The highest BCUT2D eigenvalue weighted by atomic mass is 32.2. The second-order valence-electron chi connectivity index (χ2n) is 6.92. The van der Waals surface area contributed by atoms with Crippen molar-refractivity contribution in [2.45, 2.75) is 18.1 Å². The molecule has 2 aromatic rings. The van der Waals surface area contributed by atoms with Gasteiger partial charge in [0.05, 0.1) is 36.6 Å². The summed E-state index contributed by atoms with van der Waals surface area (Å²) in [6, 6.07) is 16.7. The van der Waals surface area contributed by atoms with E-state index in [-0.39, 0.29) is 24.0 Å². The number of hydrogen-bond donors (Lipinski definition) is 1. The third kappa shape index (κ3) is 3.15. The number of aliphatic hydroxyl groups is 1. The highest BCUT2D eigenvalue weighted by Crippen LogP contribution is 2.51. The molecule has 1 amide bonds. The minimum Gasteiger partial charge on any atom is -0.497 e. The number of carbonyl (C=O) groups is 1. The molecule has 0 radical (unpaired) electrons. The van der Waals surface area contributed by atoms with E-state index in [4.69, 9.17) is 9.47 Å². The Morgan fingerprint density at radius 3 is 2.24 bits per heavy atom. The lowest BCUT2D eigenvalue weighted by molar-refractivity contribution is -0.149. The van der Waals surface area contributed by atoms with Crippen molar-refractivity contribution in [3.63, 3.8) is 0 Å². The number of amides is 1. The molecule has 7 heteroatoms.